The Labute approximate surface area is 497 Å². The number of nitrogens with zero attached hydrogens (tertiary/aromatic N) is 2. The van der Waals surface area contributed by atoms with E-state index in [1.54, 1.807) is 0 Å². The molecule has 3 aromatic heterocycles. The summed E-state index contributed by atoms with van der Waals surface area (Å²) in [5, 5.41) is 6.04. The van der Waals surface area contributed by atoms with Crippen molar-refractivity contribution in [1.82, 2.24) is 0 Å². The Kier molecular flexibility index (Phi) is 10.2. The standard InChI is InChI=1S/C77H83BN2O2S/c1-42-32-52-56(75(12,13)29-26-71(52,4)5)39-59(42)79-66-50-36-55-58(77(16,17)31-28-74(55,10)11)41-64(50)83-69(66)78-65-48(34-49-44-20-18-19-21-61(44)82-68(49)67(65)79)45-38-62-47(46-35-54-57(40-63(46)81-62)76(14,15)30-27-73(54,8)9)37-60(45)80(78)43-22-23-51-53(33-43)72(6,7)25-24-70(51,2)3/h18-23,32-41H,24-31H2,1-17H3. The van der Waals surface area contributed by atoms with Crippen LogP contribution >= 0.6 is 11.3 Å². The number of para-hydroxylation sites is 1. The molecule has 5 heterocycles. The molecule has 10 aromatic rings. The van der Waals surface area contributed by atoms with Crippen LogP contribution in [0.2, 0.25) is 0 Å². The van der Waals surface area contributed by atoms with Crippen LogP contribution in [0.4, 0.5) is 28.4 Å². The molecule has 0 saturated carbocycles. The number of fused-ring (bicyclic) bond motifs is 17. The molecule has 4 aliphatic carbocycles. The van der Waals surface area contributed by atoms with Crippen molar-refractivity contribution in [3.8, 4) is 11.1 Å². The molecule has 0 amide bonds. The van der Waals surface area contributed by atoms with Gasteiger partial charge in [0.2, 0.25) is 0 Å². The van der Waals surface area contributed by atoms with Gasteiger partial charge in [-0.2, -0.15) is 0 Å². The number of aryl methyl sites for hydroxylation is 1. The third-order valence-corrected chi connectivity index (χ3v) is 24.4. The maximum atomic E-state index is 7.53. The maximum Gasteiger partial charge on any atom is 0.343 e. The van der Waals surface area contributed by atoms with Crippen LogP contribution in [-0.2, 0) is 43.3 Å². The van der Waals surface area contributed by atoms with Gasteiger partial charge >= 0.3 is 6.85 Å². The average Bonchev–Trinajstić information content (AvgIpc) is 2.43. The molecule has 0 fully saturated rings. The second-order valence-electron chi connectivity index (χ2n) is 32.3. The SMILES string of the molecule is Cc1cc2c(cc1N1c3c(sc4cc5c(cc34)C(C)(C)CCC5(C)C)B3c4c(cc5c(oc6ccccc65)c41)-c1cc4oc5cc6c(cc5c4cc1N3c1ccc3c(c1)C(C)(C)CCC3(C)C)C(C)(C)CCC6(C)C)C(C)(C)CCC2(C)C. The highest BCUT2D eigenvalue weighted by molar-refractivity contribution is 7.32. The van der Waals surface area contributed by atoms with E-state index in [0.29, 0.717) is 0 Å². The van der Waals surface area contributed by atoms with Crippen molar-refractivity contribution in [2.75, 3.05) is 9.71 Å². The molecule has 0 atom stereocenters. The summed E-state index contributed by atoms with van der Waals surface area (Å²) in [4.78, 5) is 5.56. The van der Waals surface area contributed by atoms with Crippen molar-refractivity contribution >= 4 is 111 Å². The molecule has 16 rings (SSSR count). The Morgan fingerprint density at radius 1 is 0.398 bits per heavy atom. The summed E-state index contributed by atoms with van der Waals surface area (Å²) in [6.45, 7) is 41.8. The van der Waals surface area contributed by atoms with E-state index in [2.05, 4.69) is 224 Å². The van der Waals surface area contributed by atoms with Gasteiger partial charge in [0.1, 0.15) is 16.7 Å². The Morgan fingerprint density at radius 2 is 0.904 bits per heavy atom. The minimum Gasteiger partial charge on any atom is -0.456 e. The van der Waals surface area contributed by atoms with Crippen LogP contribution in [0.25, 0.3) is 65.1 Å². The van der Waals surface area contributed by atoms with E-state index in [4.69, 9.17) is 8.83 Å². The number of benzene rings is 7. The number of rotatable bonds is 2. The first-order valence-corrected chi connectivity index (χ1v) is 32.3. The van der Waals surface area contributed by atoms with Crippen LogP contribution in [0.1, 0.15) is 212 Å². The Morgan fingerprint density at radius 3 is 1.53 bits per heavy atom. The zero-order valence-corrected chi connectivity index (χ0v) is 53.4. The molecule has 0 bridgehead atoms. The molecule has 0 unspecified atom stereocenters. The van der Waals surface area contributed by atoms with Crippen molar-refractivity contribution in [1.29, 1.82) is 0 Å². The fourth-order valence-electron chi connectivity index (χ4n) is 17.3. The Bertz CT molecular complexity index is 4560. The molecule has 7 aromatic carbocycles. The van der Waals surface area contributed by atoms with Gasteiger partial charge in [-0.05, 0) is 229 Å². The van der Waals surface area contributed by atoms with Crippen LogP contribution < -0.4 is 20.0 Å². The minimum absolute atomic E-state index is 0.00207. The predicted octanol–water partition coefficient (Wildman–Crippen LogP) is 21.1. The lowest BCUT2D eigenvalue weighted by Gasteiger charge is -2.47. The van der Waals surface area contributed by atoms with Crippen molar-refractivity contribution in [2.45, 2.75) is 212 Å². The first-order chi connectivity index (χ1) is 39.0. The van der Waals surface area contributed by atoms with Crippen LogP contribution in [0.3, 0.4) is 0 Å². The fourth-order valence-corrected chi connectivity index (χ4v) is 18.6. The summed E-state index contributed by atoms with van der Waals surface area (Å²) in [5.74, 6) is 0. The quantitative estimate of drug-likeness (QED) is 0.162. The average molecular weight is 1110 g/mol. The highest BCUT2D eigenvalue weighted by atomic mass is 32.1. The van der Waals surface area contributed by atoms with E-state index >= 15 is 0 Å². The lowest BCUT2D eigenvalue weighted by atomic mass is 9.46. The van der Waals surface area contributed by atoms with Crippen molar-refractivity contribution in [3.63, 3.8) is 0 Å². The van der Waals surface area contributed by atoms with Gasteiger partial charge in [0.15, 0.2) is 5.58 Å². The van der Waals surface area contributed by atoms with Crippen molar-refractivity contribution in [3.05, 3.63) is 147 Å². The topological polar surface area (TPSA) is 32.8 Å². The van der Waals surface area contributed by atoms with Crippen molar-refractivity contribution < 1.29 is 8.83 Å². The smallest absolute Gasteiger partial charge is 0.343 e. The molecule has 6 heteroatoms. The fraction of sp³-hybridized carbons (Fsp3) is 0.429. The second-order valence-corrected chi connectivity index (χ2v) is 33.4. The van der Waals surface area contributed by atoms with Gasteiger partial charge in [0.25, 0.3) is 0 Å². The number of hydrogen-bond donors (Lipinski definition) is 0. The third kappa shape index (κ3) is 7.05. The molecule has 6 aliphatic rings. The van der Waals surface area contributed by atoms with Crippen LogP contribution in [0, 0.1) is 6.92 Å². The summed E-state index contributed by atoms with van der Waals surface area (Å²) in [6, 6.07) is 39.4. The van der Waals surface area contributed by atoms with E-state index in [0.717, 1.165) is 70.9 Å². The van der Waals surface area contributed by atoms with Crippen LogP contribution in [0.5, 0.6) is 0 Å². The van der Waals surface area contributed by atoms with Gasteiger partial charge in [-0.3, -0.25) is 0 Å². The van der Waals surface area contributed by atoms with Gasteiger partial charge < -0.3 is 18.5 Å². The summed E-state index contributed by atoms with van der Waals surface area (Å²) in [6.07, 6.45) is 9.27. The normalized spacial score (nSPS) is 21.4. The van der Waals surface area contributed by atoms with E-state index in [9.17, 15) is 0 Å². The highest BCUT2D eigenvalue weighted by Crippen LogP contribution is 2.59. The Hall–Kier alpha value is -6.24. The second kappa shape index (κ2) is 16.2. The summed E-state index contributed by atoms with van der Waals surface area (Å²) >= 11 is 2.05. The number of furan rings is 2. The molecule has 4 nitrogen and oxygen atoms in total. The lowest BCUT2D eigenvalue weighted by molar-refractivity contribution is 0.332. The van der Waals surface area contributed by atoms with E-state index < -0.39 is 0 Å². The zero-order valence-electron chi connectivity index (χ0n) is 52.6. The molecular formula is C77H83BN2O2S. The first-order valence-electron chi connectivity index (χ1n) is 31.5. The number of anilines is 5. The molecule has 83 heavy (non-hydrogen) atoms. The molecule has 0 saturated heterocycles. The highest BCUT2D eigenvalue weighted by Gasteiger charge is 2.51. The molecule has 2 aliphatic heterocycles. The lowest BCUT2D eigenvalue weighted by Crippen LogP contribution is -2.60. The molecular weight excluding hydrogens is 1030 g/mol. The zero-order chi connectivity index (χ0) is 58.0. The van der Waals surface area contributed by atoms with Crippen LogP contribution in [-0.4, -0.2) is 6.85 Å². The summed E-state index contributed by atoms with van der Waals surface area (Å²) < 4.78 is 17.6. The minimum atomic E-state index is -0.194. The molecule has 0 radical (unpaired) electrons. The van der Waals surface area contributed by atoms with Gasteiger partial charge in [-0.15, -0.1) is 11.3 Å². The number of thiophene rings is 1. The van der Waals surface area contributed by atoms with Crippen LogP contribution in [0.15, 0.2) is 106 Å². The first kappa shape index (κ1) is 52.3. The summed E-state index contributed by atoms with van der Waals surface area (Å²) in [7, 11) is 0. The third-order valence-electron chi connectivity index (χ3n) is 23.2. The van der Waals surface area contributed by atoms with Gasteiger partial charge in [-0.1, -0.05) is 141 Å². The molecule has 422 valence electrons. The largest absolute Gasteiger partial charge is 0.456 e. The Balaban J connectivity index is 1.09. The maximum absolute atomic E-state index is 7.53. The van der Waals surface area contributed by atoms with Gasteiger partial charge in [-0.25, -0.2) is 0 Å². The monoisotopic (exact) mass is 1110 g/mol. The van der Waals surface area contributed by atoms with E-state index in [-0.39, 0.29) is 50.2 Å². The molecule has 0 N–H and O–H groups in total. The van der Waals surface area contributed by atoms with Gasteiger partial charge in [0, 0.05) is 59.0 Å². The summed E-state index contributed by atoms with van der Waals surface area (Å²) in [5.41, 5.74) is 27.1. The number of hydrogen-bond acceptors (Lipinski definition) is 5. The molecule has 0 spiro atoms. The van der Waals surface area contributed by atoms with E-state index in [1.165, 1.54) is 134 Å². The predicted molar refractivity (Wildman–Crippen MR) is 356 cm³/mol. The van der Waals surface area contributed by atoms with Crippen molar-refractivity contribution in [2.24, 2.45) is 0 Å². The van der Waals surface area contributed by atoms with E-state index in [1.807, 2.05) is 11.3 Å². The van der Waals surface area contributed by atoms with Gasteiger partial charge in [0.05, 0.1) is 11.4 Å².